The van der Waals surface area contributed by atoms with Crippen molar-refractivity contribution >= 4 is 46.4 Å². The fraction of sp³-hybridized carbons (Fsp3) is 0.381. The van der Waals surface area contributed by atoms with Crippen molar-refractivity contribution in [1.82, 2.24) is 5.32 Å². The van der Waals surface area contributed by atoms with Crippen molar-refractivity contribution in [3.05, 3.63) is 62.1 Å². The van der Waals surface area contributed by atoms with Crippen LogP contribution in [-0.4, -0.2) is 23.7 Å². The molecule has 13 heteroatoms. The van der Waals surface area contributed by atoms with Gasteiger partial charge in [-0.25, -0.2) is 0 Å². The van der Waals surface area contributed by atoms with Crippen molar-refractivity contribution in [2.24, 2.45) is 0 Å². The summed E-state index contributed by atoms with van der Waals surface area (Å²) in [5, 5.41) is 14.1. The first-order valence-corrected chi connectivity index (χ1v) is 10.9. The predicted octanol–water partition coefficient (Wildman–Crippen LogP) is 6.94. The summed E-state index contributed by atoms with van der Waals surface area (Å²) >= 11 is 17.3. The lowest BCUT2D eigenvalue weighted by atomic mass is 9.92. The standard InChI is InChI=1S/C21H19Cl3F6N2O2/c1-2-3-17(33)31-9-11-4-5-13(8-14(11)20(25,26)27)32-10-19(34,21(28,29)30)12-6-15(22)18(24)16(23)7-12/h4-8,32,34H,2-3,9-10H2,1H3,(H,31,33)/t19-/m0/s1. The van der Waals surface area contributed by atoms with Gasteiger partial charge in [0.25, 0.3) is 0 Å². The number of rotatable bonds is 8. The van der Waals surface area contributed by atoms with Gasteiger partial charge in [0.05, 0.1) is 27.2 Å². The first-order chi connectivity index (χ1) is 15.6. The molecule has 1 atom stereocenters. The Morgan fingerprint density at radius 3 is 2.09 bits per heavy atom. The van der Waals surface area contributed by atoms with Gasteiger partial charge in [-0.2, -0.15) is 26.3 Å². The van der Waals surface area contributed by atoms with Crippen molar-refractivity contribution in [3.8, 4) is 0 Å². The van der Waals surface area contributed by atoms with Crippen molar-refractivity contribution in [2.75, 3.05) is 11.9 Å². The number of alkyl halides is 6. The molecule has 0 bridgehead atoms. The van der Waals surface area contributed by atoms with Crippen LogP contribution in [0.4, 0.5) is 32.0 Å². The van der Waals surface area contributed by atoms with Crippen LogP contribution in [-0.2, 0) is 23.1 Å². The number of carbonyl (C=O) groups excluding carboxylic acids is 1. The van der Waals surface area contributed by atoms with Crippen molar-refractivity contribution < 1.29 is 36.2 Å². The lowest BCUT2D eigenvalue weighted by molar-refractivity contribution is -0.260. The Labute approximate surface area is 206 Å². The molecular weight excluding hydrogens is 533 g/mol. The molecule has 0 aromatic heterocycles. The molecule has 0 aliphatic rings. The number of benzene rings is 2. The zero-order valence-corrected chi connectivity index (χ0v) is 19.7. The molecule has 4 nitrogen and oxygen atoms in total. The summed E-state index contributed by atoms with van der Waals surface area (Å²) in [6.45, 7) is 0.0617. The van der Waals surface area contributed by atoms with Gasteiger partial charge in [0.1, 0.15) is 0 Å². The monoisotopic (exact) mass is 550 g/mol. The highest BCUT2D eigenvalue weighted by molar-refractivity contribution is 6.48. The quantitative estimate of drug-likeness (QED) is 0.246. The number of hydrogen-bond donors (Lipinski definition) is 3. The maximum Gasteiger partial charge on any atom is 0.423 e. The number of amides is 1. The smallest absolute Gasteiger partial charge is 0.381 e. The summed E-state index contributed by atoms with van der Waals surface area (Å²) in [7, 11) is 0. The summed E-state index contributed by atoms with van der Waals surface area (Å²) in [4.78, 5) is 11.6. The van der Waals surface area contributed by atoms with Gasteiger partial charge in [-0.05, 0) is 41.8 Å². The molecule has 1 amide bonds. The molecule has 0 fully saturated rings. The fourth-order valence-corrected chi connectivity index (χ4v) is 3.60. The molecule has 2 aromatic rings. The van der Waals surface area contributed by atoms with E-state index in [2.05, 4.69) is 10.6 Å². The van der Waals surface area contributed by atoms with Crippen LogP contribution in [0.1, 0.15) is 36.5 Å². The molecule has 2 aromatic carbocycles. The minimum absolute atomic E-state index is 0.135. The topological polar surface area (TPSA) is 61.4 Å². The highest BCUT2D eigenvalue weighted by Crippen LogP contribution is 2.43. The Morgan fingerprint density at radius 2 is 1.59 bits per heavy atom. The van der Waals surface area contributed by atoms with Gasteiger partial charge in [0.15, 0.2) is 0 Å². The lowest BCUT2D eigenvalue weighted by Gasteiger charge is -2.32. The van der Waals surface area contributed by atoms with Gasteiger partial charge in [-0.3, -0.25) is 4.79 Å². The van der Waals surface area contributed by atoms with Crippen LogP contribution in [0.5, 0.6) is 0 Å². The van der Waals surface area contributed by atoms with Crippen LogP contribution < -0.4 is 10.6 Å². The van der Waals surface area contributed by atoms with Crippen LogP contribution >= 0.6 is 34.8 Å². The maximum atomic E-state index is 13.8. The summed E-state index contributed by atoms with van der Waals surface area (Å²) in [5.41, 5.74) is -6.08. The molecule has 0 radical (unpaired) electrons. The Hall–Kier alpha value is -1.88. The number of carbonyl (C=O) groups is 1. The van der Waals surface area contributed by atoms with Gasteiger partial charge in [0.2, 0.25) is 11.5 Å². The second kappa shape index (κ2) is 10.8. The van der Waals surface area contributed by atoms with E-state index in [4.69, 9.17) is 34.8 Å². The average Bonchev–Trinajstić information content (AvgIpc) is 2.73. The highest BCUT2D eigenvalue weighted by atomic mass is 35.5. The van der Waals surface area contributed by atoms with E-state index in [0.717, 1.165) is 24.3 Å². The molecule has 3 N–H and O–H groups in total. The molecule has 2 rings (SSSR count). The van der Waals surface area contributed by atoms with E-state index in [9.17, 15) is 36.2 Å². The number of aliphatic hydroxyl groups is 1. The third-order valence-corrected chi connectivity index (χ3v) is 6.04. The minimum atomic E-state index is -5.25. The first kappa shape index (κ1) is 28.4. The molecule has 0 heterocycles. The molecule has 34 heavy (non-hydrogen) atoms. The van der Waals surface area contributed by atoms with Gasteiger partial charge in [0, 0.05) is 18.7 Å². The second-order valence-electron chi connectivity index (χ2n) is 7.36. The summed E-state index contributed by atoms with van der Waals surface area (Å²) < 4.78 is 82.0. The highest BCUT2D eigenvalue weighted by Gasteiger charge is 2.55. The van der Waals surface area contributed by atoms with E-state index in [1.165, 1.54) is 0 Å². The summed E-state index contributed by atoms with van der Waals surface area (Å²) in [6.07, 6.45) is -9.46. The van der Waals surface area contributed by atoms with Gasteiger partial charge >= 0.3 is 12.4 Å². The average molecular weight is 552 g/mol. The van der Waals surface area contributed by atoms with Crippen LogP contribution in [0.3, 0.4) is 0 Å². The van der Waals surface area contributed by atoms with E-state index >= 15 is 0 Å². The molecule has 0 spiro atoms. The van der Waals surface area contributed by atoms with Crippen molar-refractivity contribution in [1.29, 1.82) is 0 Å². The summed E-state index contributed by atoms with van der Waals surface area (Å²) in [6, 6.07) is 4.28. The number of hydrogen-bond acceptors (Lipinski definition) is 3. The summed E-state index contributed by atoms with van der Waals surface area (Å²) in [5.74, 6) is -0.437. The van der Waals surface area contributed by atoms with E-state index in [0.29, 0.717) is 12.5 Å². The fourth-order valence-electron chi connectivity index (χ4n) is 3.00. The van der Waals surface area contributed by atoms with Crippen LogP contribution in [0.15, 0.2) is 30.3 Å². The molecule has 0 aliphatic carbocycles. The molecule has 0 saturated carbocycles. The SMILES string of the molecule is CCCC(=O)NCc1ccc(NC[C@](O)(c2cc(Cl)c(Cl)c(Cl)c2)C(F)(F)F)cc1C(F)(F)F. The zero-order chi connectivity index (χ0) is 25.9. The van der Waals surface area contributed by atoms with E-state index in [1.54, 1.807) is 6.92 Å². The Bertz CT molecular complexity index is 1020. The molecule has 0 unspecified atom stereocenters. The third-order valence-electron chi connectivity index (χ3n) is 4.85. The second-order valence-corrected chi connectivity index (χ2v) is 8.55. The van der Waals surface area contributed by atoms with E-state index < -0.39 is 48.1 Å². The van der Waals surface area contributed by atoms with Crippen LogP contribution in [0.25, 0.3) is 0 Å². The van der Waals surface area contributed by atoms with Gasteiger partial charge in [-0.1, -0.05) is 47.8 Å². The van der Waals surface area contributed by atoms with E-state index in [-0.39, 0.29) is 32.7 Å². The predicted molar refractivity (Wildman–Crippen MR) is 118 cm³/mol. The van der Waals surface area contributed by atoms with E-state index in [1.807, 2.05) is 0 Å². The Kier molecular flexibility index (Phi) is 9.01. The molecule has 188 valence electrons. The minimum Gasteiger partial charge on any atom is -0.381 e. The molecular formula is C21H19Cl3F6N2O2. The van der Waals surface area contributed by atoms with Crippen molar-refractivity contribution in [2.45, 2.75) is 44.3 Å². The zero-order valence-electron chi connectivity index (χ0n) is 17.5. The largest absolute Gasteiger partial charge is 0.423 e. The Morgan fingerprint density at radius 1 is 1.00 bits per heavy atom. The van der Waals surface area contributed by atoms with Gasteiger partial charge < -0.3 is 15.7 Å². The van der Waals surface area contributed by atoms with Gasteiger partial charge in [-0.15, -0.1) is 0 Å². The van der Waals surface area contributed by atoms with Crippen LogP contribution in [0.2, 0.25) is 15.1 Å². The number of halogens is 9. The normalized spacial score (nSPS) is 14.0. The first-order valence-electron chi connectivity index (χ1n) is 9.75. The lowest BCUT2D eigenvalue weighted by Crippen LogP contribution is -2.47. The van der Waals surface area contributed by atoms with Crippen LogP contribution in [0, 0.1) is 0 Å². The molecule has 0 aliphatic heterocycles. The Balaban J connectivity index is 2.36. The number of nitrogens with one attached hydrogen (secondary N) is 2. The third kappa shape index (κ3) is 6.62. The number of anilines is 1. The van der Waals surface area contributed by atoms with Crippen molar-refractivity contribution in [3.63, 3.8) is 0 Å². The maximum absolute atomic E-state index is 13.8. The molecule has 0 saturated heterocycles.